The number of nitrogens with zero attached hydrogens (tertiary/aromatic N) is 3. The van der Waals surface area contributed by atoms with Crippen molar-refractivity contribution in [3.8, 4) is 0 Å². The van der Waals surface area contributed by atoms with Gasteiger partial charge in [0.2, 0.25) is 0 Å². The van der Waals surface area contributed by atoms with Crippen molar-refractivity contribution in [2.75, 3.05) is 24.6 Å². The van der Waals surface area contributed by atoms with Crippen molar-refractivity contribution in [1.82, 2.24) is 10.2 Å². The average Bonchev–Trinajstić information content (AvgIpc) is 2.47. The van der Waals surface area contributed by atoms with Crippen LogP contribution in [0.1, 0.15) is 12.8 Å². The first-order chi connectivity index (χ1) is 8.88. The first-order valence-corrected chi connectivity index (χ1v) is 6.44. The quantitative estimate of drug-likeness (QED) is 0.874. The van der Waals surface area contributed by atoms with Gasteiger partial charge in [0.25, 0.3) is 0 Å². The zero-order valence-electron chi connectivity index (χ0n) is 10.3. The van der Waals surface area contributed by atoms with Crippen LogP contribution in [0.3, 0.4) is 0 Å². The van der Waals surface area contributed by atoms with Crippen molar-refractivity contribution in [2.45, 2.75) is 12.8 Å². The molecule has 1 aliphatic rings. The molecule has 1 unspecified atom stereocenters. The number of aliphatic hydroxyl groups excluding tert-OH is 1. The summed E-state index contributed by atoms with van der Waals surface area (Å²) in [5, 5.41) is 18.7. The minimum Gasteiger partial charge on any atom is -0.396 e. The number of aliphatic hydroxyl groups is 1. The fourth-order valence-corrected chi connectivity index (χ4v) is 2.68. The second-order valence-corrected chi connectivity index (χ2v) is 4.88. The van der Waals surface area contributed by atoms with Crippen LogP contribution in [0.2, 0.25) is 0 Å². The van der Waals surface area contributed by atoms with Crippen LogP contribution in [-0.2, 0) is 0 Å². The summed E-state index contributed by atoms with van der Waals surface area (Å²) >= 11 is 0. The molecule has 18 heavy (non-hydrogen) atoms. The standard InChI is InChI=1S/C14H17N3O/c18-10-11-4-3-7-17(9-11)14-8-15-16-13-6-2-1-5-12(13)14/h1-2,5-6,8,11,18H,3-4,7,9-10H2. The molecular weight excluding hydrogens is 226 g/mol. The van der Waals surface area contributed by atoms with Gasteiger partial charge in [-0.25, -0.2) is 0 Å². The van der Waals surface area contributed by atoms with Gasteiger partial charge in [0.15, 0.2) is 0 Å². The first-order valence-electron chi connectivity index (χ1n) is 6.44. The SMILES string of the molecule is OCC1CCCN(c2cnnc3ccccc23)C1. The van der Waals surface area contributed by atoms with Gasteiger partial charge in [-0.2, -0.15) is 10.2 Å². The predicted octanol–water partition coefficient (Wildman–Crippen LogP) is 1.84. The Morgan fingerprint density at radius 2 is 2.22 bits per heavy atom. The molecule has 3 rings (SSSR count). The fraction of sp³-hybridized carbons (Fsp3) is 0.429. The van der Waals surface area contributed by atoms with Crippen molar-refractivity contribution in [3.63, 3.8) is 0 Å². The summed E-state index contributed by atoms with van der Waals surface area (Å²) in [5.41, 5.74) is 2.07. The molecule has 0 bridgehead atoms. The molecule has 0 saturated carbocycles. The summed E-state index contributed by atoms with van der Waals surface area (Å²) in [7, 11) is 0. The van der Waals surface area contributed by atoms with Gasteiger partial charge in [-0.3, -0.25) is 0 Å². The zero-order chi connectivity index (χ0) is 12.4. The molecule has 1 aliphatic heterocycles. The monoisotopic (exact) mass is 243 g/mol. The van der Waals surface area contributed by atoms with E-state index in [1.807, 2.05) is 24.4 Å². The van der Waals surface area contributed by atoms with Crippen molar-refractivity contribution in [1.29, 1.82) is 0 Å². The summed E-state index contributed by atoms with van der Waals surface area (Å²) in [6.45, 7) is 2.21. The van der Waals surface area contributed by atoms with Crippen LogP contribution in [0.4, 0.5) is 5.69 Å². The number of piperidine rings is 1. The molecule has 94 valence electrons. The highest BCUT2D eigenvalue weighted by Gasteiger charge is 2.21. The zero-order valence-corrected chi connectivity index (χ0v) is 10.3. The van der Waals surface area contributed by atoms with Crippen molar-refractivity contribution in [3.05, 3.63) is 30.5 Å². The van der Waals surface area contributed by atoms with Crippen molar-refractivity contribution >= 4 is 16.6 Å². The summed E-state index contributed by atoms with van der Waals surface area (Å²) in [5.74, 6) is 0.380. The smallest absolute Gasteiger partial charge is 0.0950 e. The summed E-state index contributed by atoms with van der Waals surface area (Å²) in [6.07, 6.45) is 4.08. The van der Waals surface area contributed by atoms with Crippen LogP contribution in [0.5, 0.6) is 0 Å². The maximum atomic E-state index is 9.31. The predicted molar refractivity (Wildman–Crippen MR) is 71.6 cm³/mol. The second kappa shape index (κ2) is 4.90. The molecule has 2 aromatic rings. The molecule has 0 aliphatic carbocycles. The molecule has 1 atom stereocenters. The number of anilines is 1. The maximum absolute atomic E-state index is 9.31. The lowest BCUT2D eigenvalue weighted by Gasteiger charge is -2.33. The van der Waals surface area contributed by atoms with E-state index in [0.717, 1.165) is 42.5 Å². The van der Waals surface area contributed by atoms with Crippen LogP contribution in [-0.4, -0.2) is 35.0 Å². The second-order valence-electron chi connectivity index (χ2n) is 4.88. The topological polar surface area (TPSA) is 49.2 Å². The average molecular weight is 243 g/mol. The Labute approximate surface area is 106 Å². The Bertz CT molecular complexity index is 538. The van der Waals surface area contributed by atoms with E-state index < -0.39 is 0 Å². The number of fused-ring (bicyclic) bond motifs is 1. The van der Waals surface area contributed by atoms with E-state index in [2.05, 4.69) is 21.2 Å². The van der Waals surface area contributed by atoms with Gasteiger partial charge in [-0.1, -0.05) is 18.2 Å². The van der Waals surface area contributed by atoms with E-state index >= 15 is 0 Å². The molecule has 1 aromatic heterocycles. The Hall–Kier alpha value is -1.68. The number of aromatic nitrogens is 2. The van der Waals surface area contributed by atoms with Crippen molar-refractivity contribution < 1.29 is 5.11 Å². The highest BCUT2D eigenvalue weighted by Crippen LogP contribution is 2.28. The maximum Gasteiger partial charge on any atom is 0.0950 e. The van der Waals surface area contributed by atoms with Crippen molar-refractivity contribution in [2.24, 2.45) is 5.92 Å². The minimum absolute atomic E-state index is 0.271. The van der Waals surface area contributed by atoms with E-state index in [1.54, 1.807) is 0 Å². The molecule has 2 heterocycles. The van der Waals surface area contributed by atoms with Crippen LogP contribution in [0, 0.1) is 5.92 Å². The molecule has 0 amide bonds. The van der Waals surface area contributed by atoms with Gasteiger partial charge in [0, 0.05) is 25.1 Å². The highest BCUT2D eigenvalue weighted by atomic mass is 16.3. The van der Waals surface area contributed by atoms with E-state index in [1.165, 1.54) is 0 Å². The molecule has 4 heteroatoms. The Morgan fingerprint density at radius 3 is 3.11 bits per heavy atom. The van der Waals surface area contributed by atoms with Gasteiger partial charge in [0.05, 0.1) is 17.4 Å². The van der Waals surface area contributed by atoms with Gasteiger partial charge in [-0.05, 0) is 24.8 Å². The Kier molecular flexibility index (Phi) is 3.11. The van der Waals surface area contributed by atoms with Crippen LogP contribution in [0.15, 0.2) is 30.5 Å². The lowest BCUT2D eigenvalue weighted by atomic mass is 9.98. The van der Waals surface area contributed by atoms with Crippen LogP contribution in [0.25, 0.3) is 10.9 Å². The van der Waals surface area contributed by atoms with Crippen LogP contribution < -0.4 is 4.90 Å². The molecular formula is C14H17N3O. The third-order valence-corrected chi connectivity index (χ3v) is 3.64. The Balaban J connectivity index is 1.98. The molecule has 1 saturated heterocycles. The van der Waals surface area contributed by atoms with Crippen LogP contribution >= 0.6 is 0 Å². The Morgan fingerprint density at radius 1 is 1.33 bits per heavy atom. The van der Waals surface area contributed by atoms with Gasteiger partial charge in [-0.15, -0.1) is 0 Å². The third kappa shape index (κ3) is 2.04. The third-order valence-electron chi connectivity index (χ3n) is 3.64. The van der Waals surface area contributed by atoms with E-state index in [9.17, 15) is 5.11 Å². The lowest BCUT2D eigenvalue weighted by Crippen LogP contribution is -2.37. The fourth-order valence-electron chi connectivity index (χ4n) is 2.68. The minimum atomic E-state index is 0.271. The van der Waals surface area contributed by atoms with Gasteiger partial charge in [0.1, 0.15) is 0 Å². The summed E-state index contributed by atoms with van der Waals surface area (Å²) in [4.78, 5) is 2.32. The molecule has 4 nitrogen and oxygen atoms in total. The number of benzene rings is 1. The van der Waals surface area contributed by atoms with Gasteiger partial charge < -0.3 is 10.0 Å². The number of hydrogen-bond donors (Lipinski definition) is 1. The summed E-state index contributed by atoms with van der Waals surface area (Å²) < 4.78 is 0. The molecule has 1 N–H and O–H groups in total. The summed E-state index contributed by atoms with van der Waals surface area (Å²) in [6, 6.07) is 8.08. The number of rotatable bonds is 2. The lowest BCUT2D eigenvalue weighted by molar-refractivity contribution is 0.209. The number of hydrogen-bond acceptors (Lipinski definition) is 4. The normalized spacial score (nSPS) is 20.3. The van der Waals surface area contributed by atoms with Gasteiger partial charge >= 0.3 is 0 Å². The molecule has 0 radical (unpaired) electrons. The van der Waals surface area contributed by atoms with E-state index in [4.69, 9.17) is 0 Å². The first kappa shape index (κ1) is 11.4. The molecule has 1 fully saturated rings. The molecule has 1 aromatic carbocycles. The van der Waals surface area contributed by atoms with E-state index in [0.29, 0.717) is 5.92 Å². The largest absolute Gasteiger partial charge is 0.396 e. The van der Waals surface area contributed by atoms with E-state index in [-0.39, 0.29) is 6.61 Å². The highest BCUT2D eigenvalue weighted by molar-refractivity contribution is 5.90. The molecule has 0 spiro atoms.